The predicted molar refractivity (Wildman–Crippen MR) is 78.7 cm³/mol. The van der Waals surface area contributed by atoms with Gasteiger partial charge in [-0.1, -0.05) is 28.1 Å². The normalized spacial score (nSPS) is 11.6. The molecule has 2 aromatic rings. The molecule has 0 unspecified atom stereocenters. The summed E-state index contributed by atoms with van der Waals surface area (Å²) in [6.07, 6.45) is 3.80. The Morgan fingerprint density at radius 1 is 1.11 bits per heavy atom. The lowest BCUT2D eigenvalue weighted by molar-refractivity contribution is 0.573. The molecule has 2 rings (SSSR count). The monoisotopic (exact) mass is 342 g/mol. The Labute approximate surface area is 121 Å². The van der Waals surface area contributed by atoms with Crippen molar-refractivity contribution in [2.75, 3.05) is 6.54 Å². The van der Waals surface area contributed by atoms with Crippen LogP contribution in [0.4, 0.5) is 0 Å². The average Bonchev–Trinajstić information content (AvgIpc) is 2.92. The Hall–Kier alpha value is -1.11. The van der Waals surface area contributed by atoms with Crippen LogP contribution in [-0.4, -0.2) is 19.5 Å². The first-order valence-electron chi connectivity index (χ1n) is 5.87. The Morgan fingerprint density at radius 3 is 2.32 bits per heavy atom. The SMILES string of the molecule is O=S(=O)(NCCn1cccc1)c1ccc(CBr)cc1. The van der Waals surface area contributed by atoms with Crippen molar-refractivity contribution in [3.05, 3.63) is 54.4 Å². The summed E-state index contributed by atoms with van der Waals surface area (Å²) in [6.45, 7) is 0.989. The van der Waals surface area contributed by atoms with Gasteiger partial charge in [-0.25, -0.2) is 13.1 Å². The lowest BCUT2D eigenvalue weighted by Gasteiger charge is -2.08. The van der Waals surface area contributed by atoms with Crippen molar-refractivity contribution in [3.63, 3.8) is 0 Å². The third kappa shape index (κ3) is 3.92. The molecule has 1 N–H and O–H groups in total. The van der Waals surface area contributed by atoms with E-state index in [1.54, 1.807) is 24.3 Å². The molecule has 0 spiro atoms. The van der Waals surface area contributed by atoms with E-state index < -0.39 is 10.0 Å². The second kappa shape index (κ2) is 6.36. The van der Waals surface area contributed by atoms with Crippen LogP contribution in [0, 0.1) is 0 Å². The van der Waals surface area contributed by atoms with Crippen molar-refractivity contribution in [2.24, 2.45) is 0 Å². The van der Waals surface area contributed by atoms with Gasteiger partial charge in [0.25, 0.3) is 0 Å². The molecular weight excluding hydrogens is 328 g/mol. The van der Waals surface area contributed by atoms with Gasteiger partial charge < -0.3 is 4.57 Å². The quantitative estimate of drug-likeness (QED) is 0.819. The summed E-state index contributed by atoms with van der Waals surface area (Å²) in [7, 11) is -3.42. The molecule has 0 saturated carbocycles. The molecule has 0 aliphatic carbocycles. The van der Waals surface area contributed by atoms with Gasteiger partial charge in [-0.15, -0.1) is 0 Å². The van der Waals surface area contributed by atoms with Crippen molar-refractivity contribution in [1.82, 2.24) is 9.29 Å². The Bertz CT molecular complexity index is 607. The number of nitrogens with zero attached hydrogens (tertiary/aromatic N) is 1. The van der Waals surface area contributed by atoms with Crippen molar-refractivity contribution >= 4 is 26.0 Å². The average molecular weight is 343 g/mol. The smallest absolute Gasteiger partial charge is 0.240 e. The van der Waals surface area contributed by atoms with Gasteiger partial charge >= 0.3 is 0 Å². The van der Waals surface area contributed by atoms with Crippen LogP contribution in [-0.2, 0) is 21.9 Å². The summed E-state index contributed by atoms with van der Waals surface area (Å²) in [5.41, 5.74) is 1.05. The summed E-state index contributed by atoms with van der Waals surface area (Å²) < 4.78 is 28.6. The van der Waals surface area contributed by atoms with Gasteiger partial charge in [0.1, 0.15) is 0 Å². The molecule has 6 heteroatoms. The highest BCUT2D eigenvalue weighted by Gasteiger charge is 2.12. The number of rotatable bonds is 6. The number of halogens is 1. The molecule has 0 aliphatic heterocycles. The zero-order valence-electron chi connectivity index (χ0n) is 10.3. The number of nitrogens with one attached hydrogen (secondary N) is 1. The zero-order chi connectivity index (χ0) is 13.7. The van der Waals surface area contributed by atoms with Crippen LogP contribution >= 0.6 is 15.9 Å². The summed E-state index contributed by atoms with van der Waals surface area (Å²) in [6, 6.07) is 10.7. The standard InChI is InChI=1S/C13H15BrN2O2S/c14-11-12-3-5-13(6-4-12)19(17,18)15-7-10-16-8-1-2-9-16/h1-6,8-9,15H,7,10-11H2. The summed E-state index contributed by atoms with van der Waals surface area (Å²) in [4.78, 5) is 0.296. The van der Waals surface area contributed by atoms with E-state index in [2.05, 4.69) is 20.7 Å². The first-order valence-corrected chi connectivity index (χ1v) is 8.47. The van der Waals surface area contributed by atoms with Gasteiger partial charge in [0.2, 0.25) is 10.0 Å². The number of hydrogen-bond donors (Lipinski definition) is 1. The molecule has 0 bridgehead atoms. The van der Waals surface area contributed by atoms with E-state index in [9.17, 15) is 8.42 Å². The van der Waals surface area contributed by atoms with Crippen LogP contribution in [0.5, 0.6) is 0 Å². The van der Waals surface area contributed by atoms with Gasteiger partial charge in [0.15, 0.2) is 0 Å². The highest BCUT2D eigenvalue weighted by Crippen LogP contribution is 2.12. The van der Waals surface area contributed by atoms with Crippen LogP contribution in [0.1, 0.15) is 5.56 Å². The fourth-order valence-corrected chi connectivity index (χ4v) is 3.06. The maximum atomic E-state index is 12.0. The fraction of sp³-hybridized carbons (Fsp3) is 0.231. The lowest BCUT2D eigenvalue weighted by atomic mass is 10.2. The topological polar surface area (TPSA) is 51.1 Å². The molecule has 0 aliphatic rings. The highest BCUT2D eigenvalue weighted by atomic mass is 79.9. The first-order chi connectivity index (χ1) is 9.12. The number of sulfonamides is 1. The zero-order valence-corrected chi connectivity index (χ0v) is 12.7. The molecule has 0 saturated heterocycles. The first kappa shape index (κ1) is 14.3. The van der Waals surface area contributed by atoms with Gasteiger partial charge in [-0.2, -0.15) is 0 Å². The van der Waals surface area contributed by atoms with E-state index in [0.29, 0.717) is 23.3 Å². The summed E-state index contributed by atoms with van der Waals surface area (Å²) in [5, 5.41) is 0.717. The van der Waals surface area contributed by atoms with Crippen molar-refractivity contribution in [1.29, 1.82) is 0 Å². The third-order valence-electron chi connectivity index (χ3n) is 2.72. The molecule has 0 fully saturated rings. The van der Waals surface area contributed by atoms with Crippen LogP contribution in [0.15, 0.2) is 53.7 Å². The molecule has 19 heavy (non-hydrogen) atoms. The Kier molecular flexibility index (Phi) is 4.79. The third-order valence-corrected chi connectivity index (χ3v) is 4.84. The maximum Gasteiger partial charge on any atom is 0.240 e. The maximum absolute atomic E-state index is 12.0. The number of alkyl halides is 1. The lowest BCUT2D eigenvalue weighted by Crippen LogP contribution is -2.27. The van der Waals surface area contributed by atoms with Gasteiger partial charge in [0.05, 0.1) is 4.90 Å². The molecule has 4 nitrogen and oxygen atoms in total. The Balaban J connectivity index is 1.97. The van der Waals surface area contributed by atoms with Crippen LogP contribution in [0.3, 0.4) is 0 Å². The largest absolute Gasteiger partial charge is 0.353 e. The number of aromatic nitrogens is 1. The van der Waals surface area contributed by atoms with Crippen LogP contribution in [0.2, 0.25) is 0 Å². The van der Waals surface area contributed by atoms with E-state index in [0.717, 1.165) is 5.56 Å². The molecule has 1 aromatic heterocycles. The van der Waals surface area contributed by atoms with Gasteiger partial charge in [-0.05, 0) is 29.8 Å². The fourth-order valence-electron chi connectivity index (χ4n) is 1.67. The van der Waals surface area contributed by atoms with Crippen LogP contribution in [0.25, 0.3) is 0 Å². The van der Waals surface area contributed by atoms with Crippen LogP contribution < -0.4 is 4.72 Å². The minimum absolute atomic E-state index is 0.296. The number of hydrogen-bond acceptors (Lipinski definition) is 2. The van der Waals surface area contributed by atoms with Crippen molar-refractivity contribution in [3.8, 4) is 0 Å². The predicted octanol–water partition coefficient (Wildman–Crippen LogP) is 2.36. The molecule has 102 valence electrons. The molecule has 0 atom stereocenters. The molecule has 0 radical (unpaired) electrons. The van der Waals surface area contributed by atoms with Gasteiger partial charge in [-0.3, -0.25) is 0 Å². The molecule has 0 amide bonds. The van der Waals surface area contributed by atoms with Crippen molar-refractivity contribution < 1.29 is 8.42 Å². The van der Waals surface area contributed by atoms with E-state index in [-0.39, 0.29) is 0 Å². The molecule has 1 heterocycles. The second-order valence-corrected chi connectivity index (χ2v) is 6.42. The van der Waals surface area contributed by atoms with E-state index in [1.165, 1.54) is 0 Å². The molecular formula is C13H15BrN2O2S. The summed E-state index contributed by atoms with van der Waals surface area (Å²) >= 11 is 3.33. The summed E-state index contributed by atoms with van der Waals surface area (Å²) in [5.74, 6) is 0. The Morgan fingerprint density at radius 2 is 1.74 bits per heavy atom. The van der Waals surface area contributed by atoms with E-state index in [1.807, 2.05) is 29.1 Å². The second-order valence-electron chi connectivity index (χ2n) is 4.10. The number of benzene rings is 1. The molecule has 1 aromatic carbocycles. The minimum Gasteiger partial charge on any atom is -0.353 e. The van der Waals surface area contributed by atoms with E-state index >= 15 is 0 Å². The van der Waals surface area contributed by atoms with Crippen molar-refractivity contribution in [2.45, 2.75) is 16.8 Å². The van der Waals surface area contributed by atoms with E-state index in [4.69, 9.17) is 0 Å². The van der Waals surface area contributed by atoms with Gasteiger partial charge in [0, 0.05) is 30.8 Å². The highest BCUT2D eigenvalue weighted by molar-refractivity contribution is 9.08. The minimum atomic E-state index is -3.42.